The number of aliphatic carboxylic acids is 1. The van der Waals surface area contributed by atoms with Crippen LogP contribution in [0.25, 0.3) is 0 Å². The Morgan fingerprint density at radius 1 is 1.59 bits per heavy atom. The van der Waals surface area contributed by atoms with E-state index < -0.39 is 12.0 Å². The number of oxazole rings is 1. The SMILES string of the molecule is Cc1ocnc1C(=O)N(C1CC1)C(C)C(=O)O. The summed E-state index contributed by atoms with van der Waals surface area (Å²) in [6, 6.07) is -0.823. The van der Waals surface area contributed by atoms with Crippen LogP contribution in [0.4, 0.5) is 0 Å². The fraction of sp³-hybridized carbons (Fsp3) is 0.545. The molecule has 1 N–H and O–H groups in total. The van der Waals surface area contributed by atoms with Gasteiger partial charge in [0.05, 0.1) is 0 Å². The van der Waals surface area contributed by atoms with Crippen LogP contribution in [0.2, 0.25) is 0 Å². The molecule has 0 bridgehead atoms. The molecule has 1 amide bonds. The number of nitrogens with zero attached hydrogens (tertiary/aromatic N) is 2. The third kappa shape index (κ3) is 2.15. The third-order valence-corrected chi connectivity index (χ3v) is 2.90. The van der Waals surface area contributed by atoms with Gasteiger partial charge >= 0.3 is 5.97 Å². The molecule has 1 aromatic heterocycles. The first-order valence-electron chi connectivity index (χ1n) is 5.48. The van der Waals surface area contributed by atoms with E-state index >= 15 is 0 Å². The van der Waals surface area contributed by atoms with Gasteiger partial charge in [0, 0.05) is 6.04 Å². The summed E-state index contributed by atoms with van der Waals surface area (Å²) in [5.41, 5.74) is 0.199. The van der Waals surface area contributed by atoms with E-state index in [4.69, 9.17) is 9.52 Å². The Hall–Kier alpha value is -1.85. The highest BCUT2D eigenvalue weighted by Gasteiger charge is 2.40. The van der Waals surface area contributed by atoms with Gasteiger partial charge < -0.3 is 14.4 Å². The van der Waals surface area contributed by atoms with Crippen molar-refractivity contribution >= 4 is 11.9 Å². The Kier molecular flexibility index (Phi) is 2.87. The van der Waals surface area contributed by atoms with Gasteiger partial charge in [-0.3, -0.25) is 4.79 Å². The Morgan fingerprint density at radius 3 is 2.65 bits per heavy atom. The molecular formula is C11H14N2O4. The fourth-order valence-electron chi connectivity index (χ4n) is 1.76. The van der Waals surface area contributed by atoms with Gasteiger partial charge in [0.15, 0.2) is 12.1 Å². The van der Waals surface area contributed by atoms with Crippen molar-refractivity contribution in [2.45, 2.75) is 38.8 Å². The number of rotatable bonds is 4. The van der Waals surface area contributed by atoms with E-state index in [1.807, 2.05) is 0 Å². The Labute approximate surface area is 98.2 Å². The highest BCUT2D eigenvalue weighted by Crippen LogP contribution is 2.30. The maximum Gasteiger partial charge on any atom is 0.326 e. The van der Waals surface area contributed by atoms with Crippen molar-refractivity contribution in [3.05, 3.63) is 17.8 Å². The zero-order valence-electron chi connectivity index (χ0n) is 9.71. The number of hydrogen-bond acceptors (Lipinski definition) is 4. The van der Waals surface area contributed by atoms with Crippen LogP contribution in [0.1, 0.15) is 36.0 Å². The maximum atomic E-state index is 12.2. The summed E-state index contributed by atoms with van der Waals surface area (Å²) in [4.78, 5) is 28.4. The van der Waals surface area contributed by atoms with Crippen molar-refractivity contribution in [2.75, 3.05) is 0 Å². The zero-order chi connectivity index (χ0) is 12.6. The van der Waals surface area contributed by atoms with Crippen LogP contribution >= 0.6 is 0 Å². The maximum absolute atomic E-state index is 12.2. The number of carbonyl (C=O) groups is 2. The zero-order valence-corrected chi connectivity index (χ0v) is 9.71. The van der Waals surface area contributed by atoms with E-state index in [2.05, 4.69) is 4.98 Å². The lowest BCUT2D eigenvalue weighted by atomic mass is 10.2. The van der Waals surface area contributed by atoms with E-state index in [1.165, 1.54) is 18.2 Å². The van der Waals surface area contributed by atoms with Crippen molar-refractivity contribution < 1.29 is 19.1 Å². The number of carboxylic acids is 1. The number of amides is 1. The standard InChI is InChI=1S/C11H14N2O4/c1-6(11(15)16)13(8-3-4-8)10(14)9-7(2)17-5-12-9/h5-6,8H,3-4H2,1-2H3,(H,15,16). The van der Waals surface area contributed by atoms with Crippen molar-refractivity contribution in [2.24, 2.45) is 0 Å². The molecule has 17 heavy (non-hydrogen) atoms. The Bertz CT molecular complexity index is 450. The first-order valence-corrected chi connectivity index (χ1v) is 5.48. The molecule has 1 aliphatic carbocycles. The fourth-order valence-corrected chi connectivity index (χ4v) is 1.76. The van der Waals surface area contributed by atoms with Gasteiger partial charge in [0.25, 0.3) is 5.91 Å². The average Bonchev–Trinajstić information content (AvgIpc) is 3.00. The highest BCUT2D eigenvalue weighted by atomic mass is 16.4. The molecule has 0 aliphatic heterocycles. The molecule has 2 rings (SSSR count). The second kappa shape index (κ2) is 4.20. The summed E-state index contributed by atoms with van der Waals surface area (Å²) in [5.74, 6) is -0.960. The van der Waals surface area contributed by atoms with Crippen LogP contribution in [0.5, 0.6) is 0 Å². The van der Waals surface area contributed by atoms with Gasteiger partial charge in [0.2, 0.25) is 0 Å². The minimum absolute atomic E-state index is 0.0182. The molecule has 1 saturated carbocycles. The summed E-state index contributed by atoms with van der Waals surface area (Å²) in [6.07, 6.45) is 2.89. The van der Waals surface area contributed by atoms with Crippen LogP contribution in [0.15, 0.2) is 10.8 Å². The van der Waals surface area contributed by atoms with Crippen LogP contribution in [-0.2, 0) is 4.79 Å². The predicted octanol–water partition coefficient (Wildman–Crippen LogP) is 1.06. The molecule has 1 atom stereocenters. The molecule has 6 nitrogen and oxygen atoms in total. The van der Waals surface area contributed by atoms with E-state index in [1.54, 1.807) is 6.92 Å². The number of carbonyl (C=O) groups excluding carboxylic acids is 1. The molecule has 0 aromatic carbocycles. The lowest BCUT2D eigenvalue weighted by Gasteiger charge is -2.25. The number of hydrogen-bond donors (Lipinski definition) is 1. The highest BCUT2D eigenvalue weighted by molar-refractivity contribution is 5.96. The van der Waals surface area contributed by atoms with Gasteiger partial charge in [-0.05, 0) is 26.7 Å². The van der Waals surface area contributed by atoms with Gasteiger partial charge in [-0.2, -0.15) is 0 Å². The van der Waals surface area contributed by atoms with Crippen LogP contribution in [0, 0.1) is 6.92 Å². The summed E-state index contributed by atoms with van der Waals surface area (Å²) in [7, 11) is 0. The second-order valence-corrected chi connectivity index (χ2v) is 4.21. The van der Waals surface area contributed by atoms with Crippen LogP contribution < -0.4 is 0 Å². The minimum atomic E-state index is -1.01. The van der Waals surface area contributed by atoms with Crippen LogP contribution in [0.3, 0.4) is 0 Å². The normalized spacial score (nSPS) is 16.6. The Balaban J connectivity index is 2.25. The molecule has 1 aromatic rings. The summed E-state index contributed by atoms with van der Waals surface area (Å²) >= 11 is 0. The van der Waals surface area contributed by atoms with E-state index in [-0.39, 0.29) is 17.6 Å². The van der Waals surface area contributed by atoms with Crippen molar-refractivity contribution in [3.63, 3.8) is 0 Å². The average molecular weight is 238 g/mol. The molecule has 1 unspecified atom stereocenters. The second-order valence-electron chi connectivity index (χ2n) is 4.21. The van der Waals surface area contributed by atoms with Crippen LogP contribution in [-0.4, -0.2) is 39.0 Å². The molecule has 92 valence electrons. The topological polar surface area (TPSA) is 83.6 Å². The number of aromatic nitrogens is 1. The summed E-state index contributed by atoms with van der Waals surface area (Å²) in [5, 5.41) is 9.01. The van der Waals surface area contributed by atoms with Gasteiger partial charge in [0.1, 0.15) is 11.8 Å². The first kappa shape index (κ1) is 11.6. The Morgan fingerprint density at radius 2 is 2.24 bits per heavy atom. The molecule has 0 spiro atoms. The van der Waals surface area contributed by atoms with E-state index in [9.17, 15) is 9.59 Å². The summed E-state index contributed by atoms with van der Waals surface area (Å²) < 4.78 is 4.97. The quantitative estimate of drug-likeness (QED) is 0.847. The lowest BCUT2D eigenvalue weighted by molar-refractivity contribution is -0.141. The van der Waals surface area contributed by atoms with Gasteiger partial charge in [-0.25, -0.2) is 9.78 Å². The monoisotopic (exact) mass is 238 g/mol. The van der Waals surface area contributed by atoms with Crippen molar-refractivity contribution in [1.82, 2.24) is 9.88 Å². The summed E-state index contributed by atoms with van der Waals surface area (Å²) in [6.45, 7) is 3.14. The smallest absolute Gasteiger partial charge is 0.326 e. The predicted molar refractivity (Wildman–Crippen MR) is 57.5 cm³/mol. The van der Waals surface area contributed by atoms with Gasteiger partial charge in [-0.1, -0.05) is 0 Å². The van der Waals surface area contributed by atoms with E-state index in [0.29, 0.717) is 5.76 Å². The number of aryl methyl sites for hydroxylation is 1. The lowest BCUT2D eigenvalue weighted by Crippen LogP contribution is -2.45. The first-order chi connectivity index (χ1) is 8.02. The number of carboxylic acid groups (broad SMARTS) is 1. The van der Waals surface area contributed by atoms with Gasteiger partial charge in [-0.15, -0.1) is 0 Å². The van der Waals surface area contributed by atoms with E-state index in [0.717, 1.165) is 12.8 Å². The largest absolute Gasteiger partial charge is 0.480 e. The molecule has 0 saturated heterocycles. The molecule has 6 heteroatoms. The minimum Gasteiger partial charge on any atom is -0.480 e. The molecular weight excluding hydrogens is 224 g/mol. The van der Waals surface area contributed by atoms with Crippen molar-refractivity contribution in [1.29, 1.82) is 0 Å². The molecule has 1 aliphatic rings. The molecule has 0 radical (unpaired) electrons. The molecule has 1 fully saturated rings. The third-order valence-electron chi connectivity index (χ3n) is 2.90. The van der Waals surface area contributed by atoms with Crippen molar-refractivity contribution in [3.8, 4) is 0 Å². The molecule has 1 heterocycles.